The number of carbonyl (C=O) groups is 2. The summed E-state index contributed by atoms with van der Waals surface area (Å²) in [5, 5.41) is 6.02. The monoisotopic (exact) mass is 401 g/mol. The lowest BCUT2D eigenvalue weighted by molar-refractivity contribution is -0.119. The fourth-order valence-corrected chi connectivity index (χ4v) is 4.04. The molecule has 3 aromatic rings. The van der Waals surface area contributed by atoms with E-state index in [-0.39, 0.29) is 12.5 Å². The van der Waals surface area contributed by atoms with Gasteiger partial charge in [-0.1, -0.05) is 0 Å². The Balaban J connectivity index is 1.48. The van der Waals surface area contributed by atoms with Crippen LogP contribution in [0.5, 0.6) is 5.75 Å². The number of rotatable bonds is 8. The molecule has 2 amide bonds. The van der Waals surface area contributed by atoms with E-state index in [1.165, 1.54) is 4.88 Å². The Bertz CT molecular complexity index is 932. The summed E-state index contributed by atoms with van der Waals surface area (Å²) in [6, 6.07) is 10.7. The van der Waals surface area contributed by atoms with Crippen LogP contribution in [-0.4, -0.2) is 29.9 Å². The molecule has 0 fully saturated rings. The topological polar surface area (TPSA) is 94.3 Å². The second kappa shape index (κ2) is 8.79. The Morgan fingerprint density at radius 2 is 1.96 bits per heavy atom. The van der Waals surface area contributed by atoms with Crippen molar-refractivity contribution in [3.8, 4) is 16.3 Å². The van der Waals surface area contributed by atoms with Crippen molar-refractivity contribution in [2.45, 2.75) is 13.3 Å². The summed E-state index contributed by atoms with van der Waals surface area (Å²) in [5.41, 5.74) is 6.57. The summed E-state index contributed by atoms with van der Waals surface area (Å²) in [5.74, 6) is -0.199. The van der Waals surface area contributed by atoms with E-state index in [0.717, 1.165) is 22.0 Å². The summed E-state index contributed by atoms with van der Waals surface area (Å²) < 4.78 is 5.17. The van der Waals surface area contributed by atoms with Crippen molar-refractivity contribution < 1.29 is 14.3 Å². The first-order valence-electron chi connectivity index (χ1n) is 8.32. The molecule has 0 aliphatic carbocycles. The third-order valence-corrected chi connectivity index (χ3v) is 5.63. The Hall–Kier alpha value is -2.71. The first kappa shape index (κ1) is 19.1. The molecular weight excluding hydrogens is 382 g/mol. The van der Waals surface area contributed by atoms with Gasteiger partial charge in [-0.3, -0.25) is 9.59 Å². The minimum atomic E-state index is -0.543. The number of thiazole rings is 1. The molecule has 3 rings (SSSR count). The van der Waals surface area contributed by atoms with Gasteiger partial charge in [-0.15, -0.1) is 22.7 Å². The number of carbonyl (C=O) groups excluding carboxylic acids is 2. The molecule has 140 valence electrons. The second-order valence-electron chi connectivity index (χ2n) is 5.80. The van der Waals surface area contributed by atoms with Crippen molar-refractivity contribution in [3.05, 3.63) is 57.2 Å². The van der Waals surface area contributed by atoms with Crippen molar-refractivity contribution in [2.75, 3.05) is 13.2 Å². The van der Waals surface area contributed by atoms with E-state index in [2.05, 4.69) is 27.8 Å². The van der Waals surface area contributed by atoms with E-state index in [1.807, 2.05) is 6.92 Å². The molecule has 0 aliphatic rings. The SMILES string of the molecule is Cc1nc(-c2ccc(CCNC(=O)c3ccc(OCC(N)=O)cc3)s2)cs1. The number of nitrogens with zero attached hydrogens (tertiary/aromatic N) is 1. The number of amides is 2. The van der Waals surface area contributed by atoms with Crippen molar-refractivity contribution in [2.24, 2.45) is 5.73 Å². The average molecular weight is 402 g/mol. The molecular formula is C19H19N3O3S2. The van der Waals surface area contributed by atoms with Crippen LogP contribution in [0.3, 0.4) is 0 Å². The highest BCUT2D eigenvalue weighted by atomic mass is 32.1. The van der Waals surface area contributed by atoms with E-state index < -0.39 is 5.91 Å². The predicted molar refractivity (Wildman–Crippen MR) is 107 cm³/mol. The van der Waals surface area contributed by atoms with Gasteiger partial charge < -0.3 is 15.8 Å². The van der Waals surface area contributed by atoms with Gasteiger partial charge in [0.2, 0.25) is 0 Å². The molecule has 3 N–H and O–H groups in total. The van der Waals surface area contributed by atoms with Crippen LogP contribution in [0.25, 0.3) is 10.6 Å². The molecule has 2 aromatic heterocycles. The molecule has 6 nitrogen and oxygen atoms in total. The standard InChI is InChI=1S/C19H19N3O3S2/c1-12-22-16(11-26-12)17-7-6-15(27-17)8-9-21-19(24)13-2-4-14(5-3-13)25-10-18(20)23/h2-7,11H,8-10H2,1H3,(H2,20,23)(H,21,24). The molecule has 1 aromatic carbocycles. The highest BCUT2D eigenvalue weighted by Gasteiger charge is 2.08. The summed E-state index contributed by atoms with van der Waals surface area (Å²) in [6.07, 6.45) is 0.763. The highest BCUT2D eigenvalue weighted by molar-refractivity contribution is 7.16. The number of hydrogen-bond acceptors (Lipinski definition) is 6. The maximum atomic E-state index is 12.2. The van der Waals surface area contributed by atoms with Crippen LogP contribution >= 0.6 is 22.7 Å². The molecule has 0 saturated carbocycles. The Morgan fingerprint density at radius 1 is 1.19 bits per heavy atom. The lowest BCUT2D eigenvalue weighted by atomic mass is 10.2. The van der Waals surface area contributed by atoms with Crippen LogP contribution < -0.4 is 15.8 Å². The molecule has 0 atom stereocenters. The molecule has 0 radical (unpaired) electrons. The van der Waals surface area contributed by atoms with E-state index >= 15 is 0 Å². The van der Waals surface area contributed by atoms with Crippen LogP contribution in [0.2, 0.25) is 0 Å². The molecule has 0 aliphatic heterocycles. The summed E-state index contributed by atoms with van der Waals surface area (Å²) >= 11 is 3.34. The largest absolute Gasteiger partial charge is 0.484 e. The Labute approximate surface area is 165 Å². The van der Waals surface area contributed by atoms with Crippen LogP contribution in [0.1, 0.15) is 20.2 Å². The third-order valence-electron chi connectivity index (χ3n) is 3.69. The smallest absolute Gasteiger partial charge is 0.255 e. The van der Waals surface area contributed by atoms with Crippen molar-refractivity contribution in [1.29, 1.82) is 0 Å². The number of aromatic nitrogens is 1. The van der Waals surface area contributed by atoms with Crippen LogP contribution in [0, 0.1) is 6.92 Å². The lowest BCUT2D eigenvalue weighted by Crippen LogP contribution is -2.25. The van der Waals surface area contributed by atoms with Gasteiger partial charge >= 0.3 is 0 Å². The molecule has 2 heterocycles. The number of thiophene rings is 1. The minimum Gasteiger partial charge on any atom is -0.484 e. The number of ether oxygens (including phenoxy) is 1. The second-order valence-corrected chi connectivity index (χ2v) is 8.03. The summed E-state index contributed by atoms with van der Waals surface area (Å²) in [7, 11) is 0. The first-order valence-corrected chi connectivity index (χ1v) is 10.0. The third kappa shape index (κ3) is 5.38. The molecule has 27 heavy (non-hydrogen) atoms. The zero-order valence-corrected chi connectivity index (χ0v) is 16.4. The predicted octanol–water partition coefficient (Wildman–Crippen LogP) is 3.02. The first-order chi connectivity index (χ1) is 13.0. The van der Waals surface area contributed by atoms with Gasteiger partial charge in [0.1, 0.15) is 5.75 Å². The summed E-state index contributed by atoms with van der Waals surface area (Å²) in [6.45, 7) is 2.36. The van der Waals surface area contributed by atoms with Crippen LogP contribution in [0.15, 0.2) is 41.8 Å². The number of nitrogens with two attached hydrogens (primary N) is 1. The highest BCUT2D eigenvalue weighted by Crippen LogP contribution is 2.29. The zero-order chi connectivity index (χ0) is 19.2. The maximum Gasteiger partial charge on any atom is 0.255 e. The zero-order valence-electron chi connectivity index (χ0n) is 14.7. The van der Waals surface area contributed by atoms with Gasteiger partial charge in [0.05, 0.1) is 15.6 Å². The number of benzene rings is 1. The molecule has 0 bridgehead atoms. The lowest BCUT2D eigenvalue weighted by Gasteiger charge is -2.06. The normalized spacial score (nSPS) is 10.6. The maximum absolute atomic E-state index is 12.2. The average Bonchev–Trinajstić information content (AvgIpc) is 3.29. The minimum absolute atomic E-state index is 0.150. The quantitative estimate of drug-likeness (QED) is 0.607. The number of hydrogen-bond donors (Lipinski definition) is 2. The van der Waals surface area contributed by atoms with Crippen molar-refractivity contribution >= 4 is 34.5 Å². The van der Waals surface area contributed by atoms with Crippen molar-refractivity contribution in [1.82, 2.24) is 10.3 Å². The van der Waals surface area contributed by atoms with Gasteiger partial charge in [0.15, 0.2) is 6.61 Å². The molecule has 0 spiro atoms. The van der Waals surface area contributed by atoms with Crippen LogP contribution in [0.4, 0.5) is 0 Å². The fourth-order valence-electron chi connectivity index (χ4n) is 2.38. The van der Waals surface area contributed by atoms with Crippen molar-refractivity contribution in [3.63, 3.8) is 0 Å². The van der Waals surface area contributed by atoms with Gasteiger partial charge in [0.25, 0.3) is 11.8 Å². The van der Waals surface area contributed by atoms with E-state index in [0.29, 0.717) is 17.9 Å². The van der Waals surface area contributed by atoms with Gasteiger partial charge in [-0.25, -0.2) is 4.98 Å². The number of nitrogens with one attached hydrogen (secondary N) is 1. The summed E-state index contributed by atoms with van der Waals surface area (Å²) in [4.78, 5) is 29.7. The van der Waals surface area contributed by atoms with Gasteiger partial charge in [-0.2, -0.15) is 0 Å². The number of aryl methyl sites for hydroxylation is 1. The fraction of sp³-hybridized carbons (Fsp3) is 0.211. The Morgan fingerprint density at radius 3 is 2.63 bits per heavy atom. The van der Waals surface area contributed by atoms with E-state index in [9.17, 15) is 9.59 Å². The van der Waals surface area contributed by atoms with Gasteiger partial charge in [0, 0.05) is 22.4 Å². The Kier molecular flexibility index (Phi) is 6.20. The molecule has 0 unspecified atom stereocenters. The van der Waals surface area contributed by atoms with E-state index in [4.69, 9.17) is 10.5 Å². The number of primary amides is 1. The molecule has 8 heteroatoms. The van der Waals surface area contributed by atoms with Crippen LogP contribution in [-0.2, 0) is 11.2 Å². The van der Waals surface area contributed by atoms with E-state index in [1.54, 1.807) is 46.9 Å². The van der Waals surface area contributed by atoms with Gasteiger partial charge in [-0.05, 0) is 49.7 Å². The molecule has 0 saturated heterocycles.